The molecule has 2 unspecified atom stereocenters. The summed E-state index contributed by atoms with van der Waals surface area (Å²) in [4.78, 5) is 12.4. The van der Waals surface area contributed by atoms with Gasteiger partial charge in [-0.1, -0.05) is 43.7 Å². The molecule has 1 aliphatic carbocycles. The third kappa shape index (κ3) is 5.75. The molecule has 0 bridgehead atoms. The Balaban J connectivity index is 1.56. The molecule has 1 aromatic carbocycles. The van der Waals surface area contributed by atoms with Gasteiger partial charge in [0.05, 0.1) is 5.75 Å². The Kier molecular flexibility index (Phi) is 7.58. The molecule has 2 aromatic rings. The summed E-state index contributed by atoms with van der Waals surface area (Å²) in [5, 5.41) is 12.5. The Morgan fingerprint density at radius 3 is 2.83 bits per heavy atom. The zero-order valence-corrected chi connectivity index (χ0v) is 18.7. The predicted molar refractivity (Wildman–Crippen MR) is 116 cm³/mol. The number of rotatable bonds is 8. The molecule has 1 aromatic heterocycles. The van der Waals surface area contributed by atoms with Crippen LogP contribution in [-0.4, -0.2) is 32.5 Å². The minimum Gasteiger partial charge on any atom is -0.485 e. The smallest absolute Gasteiger partial charge is 0.230 e. The topological polar surface area (TPSA) is 69.0 Å². The van der Waals surface area contributed by atoms with E-state index in [-0.39, 0.29) is 5.91 Å². The highest BCUT2D eigenvalue weighted by Crippen LogP contribution is 2.25. The van der Waals surface area contributed by atoms with E-state index < -0.39 is 0 Å². The molecule has 0 aliphatic heterocycles. The van der Waals surface area contributed by atoms with Gasteiger partial charge in [-0.05, 0) is 56.7 Å². The molecule has 0 saturated heterocycles. The summed E-state index contributed by atoms with van der Waals surface area (Å²) in [7, 11) is 0. The monoisotopic (exact) mass is 416 g/mol. The number of benzene rings is 1. The van der Waals surface area contributed by atoms with Gasteiger partial charge < -0.3 is 14.6 Å². The normalized spacial score (nSPS) is 19.2. The quantitative estimate of drug-likeness (QED) is 0.651. The van der Waals surface area contributed by atoms with Gasteiger partial charge in [0.1, 0.15) is 12.4 Å². The van der Waals surface area contributed by atoms with Crippen molar-refractivity contribution in [1.82, 2.24) is 20.1 Å². The van der Waals surface area contributed by atoms with Gasteiger partial charge in [0.15, 0.2) is 11.0 Å². The van der Waals surface area contributed by atoms with E-state index in [1.807, 2.05) is 17.6 Å². The van der Waals surface area contributed by atoms with Crippen LogP contribution in [0.1, 0.15) is 56.5 Å². The molecule has 1 fully saturated rings. The van der Waals surface area contributed by atoms with Gasteiger partial charge in [0.25, 0.3) is 0 Å². The molecule has 0 radical (unpaired) electrons. The maximum atomic E-state index is 12.4. The van der Waals surface area contributed by atoms with E-state index in [4.69, 9.17) is 4.74 Å². The molecule has 7 heteroatoms. The zero-order valence-electron chi connectivity index (χ0n) is 17.9. The lowest BCUT2D eigenvalue weighted by atomic mass is 9.86. The zero-order chi connectivity index (χ0) is 20.8. The SMILES string of the molecule is CCn1c(COc2cc(C)ccc2C)nnc1SCC(=O)NC1CCCCC1C. The highest BCUT2D eigenvalue weighted by Gasteiger charge is 2.23. The van der Waals surface area contributed by atoms with E-state index in [0.717, 1.165) is 40.8 Å². The van der Waals surface area contributed by atoms with Gasteiger partial charge in [-0.3, -0.25) is 4.79 Å². The van der Waals surface area contributed by atoms with E-state index >= 15 is 0 Å². The molecule has 1 saturated carbocycles. The van der Waals surface area contributed by atoms with Gasteiger partial charge in [0.2, 0.25) is 5.91 Å². The number of carbonyl (C=O) groups is 1. The summed E-state index contributed by atoms with van der Waals surface area (Å²) in [5.74, 6) is 2.64. The Morgan fingerprint density at radius 2 is 2.07 bits per heavy atom. The lowest BCUT2D eigenvalue weighted by molar-refractivity contribution is -0.119. The van der Waals surface area contributed by atoms with Crippen molar-refractivity contribution in [1.29, 1.82) is 0 Å². The summed E-state index contributed by atoms with van der Waals surface area (Å²) in [6.07, 6.45) is 4.76. The molecule has 2 atom stereocenters. The molecule has 1 heterocycles. The first kappa shape index (κ1) is 21.7. The number of thioether (sulfide) groups is 1. The molecule has 3 rings (SSSR count). The number of hydrogen-bond acceptors (Lipinski definition) is 5. The van der Waals surface area contributed by atoms with Crippen molar-refractivity contribution >= 4 is 17.7 Å². The standard InChI is InChI=1S/C22H32N4O2S/c1-5-26-20(13-28-19-12-15(2)10-11-17(19)4)24-25-22(26)29-14-21(27)23-18-9-7-6-8-16(18)3/h10-12,16,18H,5-9,13-14H2,1-4H3,(H,23,27). The van der Waals surface area contributed by atoms with Crippen molar-refractivity contribution in [2.75, 3.05) is 5.75 Å². The number of carbonyl (C=O) groups excluding carboxylic acids is 1. The van der Waals surface area contributed by atoms with Crippen molar-refractivity contribution in [3.05, 3.63) is 35.2 Å². The molecule has 0 spiro atoms. The van der Waals surface area contributed by atoms with Crippen LogP contribution in [0.4, 0.5) is 0 Å². The minimum atomic E-state index is 0.0765. The Labute approximate surface area is 177 Å². The van der Waals surface area contributed by atoms with Crippen LogP contribution in [0.25, 0.3) is 0 Å². The third-order valence-corrected chi connectivity index (χ3v) is 6.57. The molecule has 29 heavy (non-hydrogen) atoms. The summed E-state index contributed by atoms with van der Waals surface area (Å²) >= 11 is 1.44. The fraction of sp³-hybridized carbons (Fsp3) is 0.591. The second kappa shape index (κ2) is 10.1. The van der Waals surface area contributed by atoms with E-state index in [9.17, 15) is 4.79 Å². The Hall–Kier alpha value is -2.02. The van der Waals surface area contributed by atoms with Crippen molar-refractivity contribution in [2.24, 2.45) is 5.92 Å². The molecule has 158 valence electrons. The number of nitrogens with zero attached hydrogens (tertiary/aromatic N) is 3. The van der Waals surface area contributed by atoms with Crippen LogP contribution in [0.15, 0.2) is 23.4 Å². The van der Waals surface area contributed by atoms with Crippen LogP contribution in [-0.2, 0) is 17.9 Å². The lowest BCUT2D eigenvalue weighted by Crippen LogP contribution is -2.41. The number of aryl methyl sites for hydroxylation is 2. The predicted octanol–water partition coefficient (Wildman–Crippen LogP) is 4.28. The first-order chi connectivity index (χ1) is 14.0. The molecule has 6 nitrogen and oxygen atoms in total. The summed E-state index contributed by atoms with van der Waals surface area (Å²) in [6, 6.07) is 6.48. The highest BCUT2D eigenvalue weighted by atomic mass is 32.2. The van der Waals surface area contributed by atoms with E-state index in [0.29, 0.717) is 24.3 Å². The third-order valence-electron chi connectivity index (χ3n) is 5.60. The molecular formula is C22H32N4O2S. The second-order valence-electron chi connectivity index (χ2n) is 7.93. The van der Waals surface area contributed by atoms with Crippen molar-refractivity contribution in [2.45, 2.75) is 77.7 Å². The Bertz CT molecular complexity index is 836. The van der Waals surface area contributed by atoms with Crippen LogP contribution in [0, 0.1) is 19.8 Å². The maximum absolute atomic E-state index is 12.4. The van der Waals surface area contributed by atoms with Crippen LogP contribution in [0.5, 0.6) is 5.75 Å². The van der Waals surface area contributed by atoms with Gasteiger partial charge >= 0.3 is 0 Å². The fourth-order valence-corrected chi connectivity index (χ4v) is 4.60. The fourth-order valence-electron chi connectivity index (χ4n) is 3.76. The number of amides is 1. The van der Waals surface area contributed by atoms with Crippen LogP contribution < -0.4 is 10.1 Å². The summed E-state index contributed by atoms with van der Waals surface area (Å²) in [5.41, 5.74) is 2.26. The minimum absolute atomic E-state index is 0.0765. The van der Waals surface area contributed by atoms with Gasteiger partial charge in [0, 0.05) is 12.6 Å². The molecular weight excluding hydrogens is 384 g/mol. The van der Waals surface area contributed by atoms with Crippen molar-refractivity contribution < 1.29 is 9.53 Å². The van der Waals surface area contributed by atoms with Gasteiger partial charge in [-0.25, -0.2) is 0 Å². The van der Waals surface area contributed by atoms with Crippen LogP contribution in [0.3, 0.4) is 0 Å². The highest BCUT2D eigenvalue weighted by molar-refractivity contribution is 7.99. The second-order valence-corrected chi connectivity index (χ2v) is 8.87. The first-order valence-electron chi connectivity index (χ1n) is 10.5. The first-order valence-corrected chi connectivity index (χ1v) is 11.5. The molecule has 1 N–H and O–H groups in total. The van der Waals surface area contributed by atoms with Gasteiger partial charge in [-0.15, -0.1) is 10.2 Å². The molecule has 1 amide bonds. The molecule has 1 aliphatic rings. The number of aromatic nitrogens is 3. The van der Waals surface area contributed by atoms with Gasteiger partial charge in [-0.2, -0.15) is 0 Å². The average Bonchev–Trinajstić information content (AvgIpc) is 3.10. The number of ether oxygens (including phenoxy) is 1. The summed E-state index contributed by atoms with van der Waals surface area (Å²) < 4.78 is 8.01. The van der Waals surface area contributed by atoms with Crippen molar-refractivity contribution in [3.63, 3.8) is 0 Å². The number of hydrogen-bond donors (Lipinski definition) is 1. The maximum Gasteiger partial charge on any atom is 0.230 e. The summed E-state index contributed by atoms with van der Waals surface area (Å²) in [6.45, 7) is 9.46. The number of nitrogens with one attached hydrogen (secondary N) is 1. The Morgan fingerprint density at radius 1 is 1.28 bits per heavy atom. The van der Waals surface area contributed by atoms with E-state index in [1.54, 1.807) is 0 Å². The van der Waals surface area contributed by atoms with E-state index in [1.165, 1.54) is 31.0 Å². The lowest BCUT2D eigenvalue weighted by Gasteiger charge is -2.29. The van der Waals surface area contributed by atoms with Crippen LogP contribution >= 0.6 is 11.8 Å². The van der Waals surface area contributed by atoms with Crippen LogP contribution in [0.2, 0.25) is 0 Å². The average molecular weight is 417 g/mol. The largest absolute Gasteiger partial charge is 0.485 e. The van der Waals surface area contributed by atoms with E-state index in [2.05, 4.69) is 48.4 Å². The van der Waals surface area contributed by atoms with Crippen molar-refractivity contribution in [3.8, 4) is 5.75 Å².